The summed E-state index contributed by atoms with van der Waals surface area (Å²) in [6.45, 7) is 7.03. The van der Waals surface area contributed by atoms with Crippen LogP contribution in [0.2, 0.25) is 0 Å². The fourth-order valence-electron chi connectivity index (χ4n) is 3.88. The highest BCUT2D eigenvalue weighted by Crippen LogP contribution is 2.37. The van der Waals surface area contributed by atoms with Gasteiger partial charge in [-0.25, -0.2) is 0 Å². The van der Waals surface area contributed by atoms with Crippen LogP contribution in [0.5, 0.6) is 0 Å². The van der Waals surface area contributed by atoms with Gasteiger partial charge in [0.25, 0.3) is 0 Å². The second-order valence-electron chi connectivity index (χ2n) is 7.53. The van der Waals surface area contributed by atoms with Crippen molar-refractivity contribution >= 4 is 15.9 Å². The molecule has 28 heavy (non-hydrogen) atoms. The predicted octanol–water partition coefficient (Wildman–Crippen LogP) is 6.70. The minimum atomic E-state index is 0.724. The van der Waals surface area contributed by atoms with Crippen molar-refractivity contribution in [1.29, 1.82) is 5.26 Å². The summed E-state index contributed by atoms with van der Waals surface area (Å²) in [6, 6.07) is 22.0. The van der Waals surface area contributed by atoms with Crippen LogP contribution in [-0.2, 0) is 13.0 Å². The SMILES string of the molecule is CC#N.CCN(CCCc1ccc(C2CCC(Br)C2)cc1)Cc1ccccc1. The minimum Gasteiger partial charge on any atom is -0.299 e. The Hall–Kier alpha value is -1.63. The third-order valence-corrected chi connectivity index (χ3v) is 6.29. The number of nitriles is 1. The summed E-state index contributed by atoms with van der Waals surface area (Å²) >= 11 is 3.76. The highest BCUT2D eigenvalue weighted by Gasteiger charge is 2.23. The zero-order valence-corrected chi connectivity index (χ0v) is 18.9. The number of alkyl halides is 1. The average Bonchev–Trinajstić information content (AvgIpc) is 3.15. The molecule has 1 aliphatic rings. The number of hydrogen-bond donors (Lipinski definition) is 0. The Morgan fingerprint density at radius 2 is 1.71 bits per heavy atom. The zero-order valence-electron chi connectivity index (χ0n) is 17.3. The number of nitrogens with zero attached hydrogens (tertiary/aromatic N) is 2. The number of aryl methyl sites for hydroxylation is 1. The number of benzene rings is 2. The molecule has 2 aromatic rings. The molecule has 0 N–H and O–H groups in total. The lowest BCUT2D eigenvalue weighted by atomic mass is 9.96. The fraction of sp³-hybridized carbons (Fsp3) is 0.480. The van der Waals surface area contributed by atoms with E-state index in [-0.39, 0.29) is 0 Å². The first-order valence-electron chi connectivity index (χ1n) is 10.5. The molecule has 0 spiro atoms. The van der Waals surface area contributed by atoms with Crippen LogP contribution in [0.4, 0.5) is 0 Å². The maximum atomic E-state index is 7.32. The van der Waals surface area contributed by atoms with Gasteiger partial charge in [0, 0.05) is 18.3 Å². The molecule has 0 heterocycles. The van der Waals surface area contributed by atoms with Crippen molar-refractivity contribution in [2.45, 2.75) is 63.2 Å². The van der Waals surface area contributed by atoms with Gasteiger partial charge < -0.3 is 0 Å². The lowest BCUT2D eigenvalue weighted by Gasteiger charge is -2.20. The van der Waals surface area contributed by atoms with Crippen LogP contribution in [0.3, 0.4) is 0 Å². The lowest BCUT2D eigenvalue weighted by molar-refractivity contribution is 0.276. The molecule has 3 rings (SSSR count). The second-order valence-corrected chi connectivity index (χ2v) is 8.83. The molecule has 0 saturated heterocycles. The van der Waals surface area contributed by atoms with E-state index in [2.05, 4.69) is 82.4 Å². The molecule has 150 valence electrons. The van der Waals surface area contributed by atoms with Gasteiger partial charge in [0.1, 0.15) is 0 Å². The fourth-order valence-corrected chi connectivity index (χ4v) is 4.60. The summed E-state index contributed by atoms with van der Waals surface area (Å²) in [5, 5.41) is 7.32. The molecular weight excluding hydrogens is 408 g/mol. The summed E-state index contributed by atoms with van der Waals surface area (Å²) in [6.07, 6.45) is 6.36. The largest absolute Gasteiger partial charge is 0.299 e. The lowest BCUT2D eigenvalue weighted by Crippen LogP contribution is -2.24. The molecule has 2 nitrogen and oxygen atoms in total. The first-order chi connectivity index (χ1) is 13.7. The molecule has 0 radical (unpaired) electrons. The Balaban J connectivity index is 0.000000878. The third-order valence-electron chi connectivity index (χ3n) is 5.46. The molecule has 0 aromatic heterocycles. The van der Waals surface area contributed by atoms with Gasteiger partial charge in [-0.05, 0) is 67.8 Å². The highest BCUT2D eigenvalue weighted by atomic mass is 79.9. The van der Waals surface area contributed by atoms with Gasteiger partial charge >= 0.3 is 0 Å². The van der Waals surface area contributed by atoms with Crippen molar-refractivity contribution < 1.29 is 0 Å². The molecule has 1 aliphatic carbocycles. The van der Waals surface area contributed by atoms with Gasteiger partial charge in [0.2, 0.25) is 0 Å². The van der Waals surface area contributed by atoms with E-state index in [9.17, 15) is 0 Å². The molecule has 0 amide bonds. The van der Waals surface area contributed by atoms with Crippen LogP contribution in [0.1, 0.15) is 62.1 Å². The smallest absolute Gasteiger partial charge is 0.0587 e. The van der Waals surface area contributed by atoms with Gasteiger partial charge in [-0.15, -0.1) is 0 Å². The summed E-state index contributed by atoms with van der Waals surface area (Å²) in [5.74, 6) is 0.764. The maximum Gasteiger partial charge on any atom is 0.0587 e. The molecule has 2 atom stereocenters. The van der Waals surface area contributed by atoms with E-state index in [1.54, 1.807) is 6.07 Å². The zero-order chi connectivity index (χ0) is 20.2. The van der Waals surface area contributed by atoms with E-state index in [0.717, 1.165) is 23.8 Å². The van der Waals surface area contributed by atoms with E-state index >= 15 is 0 Å². The van der Waals surface area contributed by atoms with Crippen LogP contribution < -0.4 is 0 Å². The van der Waals surface area contributed by atoms with Gasteiger partial charge in [0.15, 0.2) is 0 Å². The Bertz CT molecular complexity index is 706. The van der Waals surface area contributed by atoms with E-state index in [0.29, 0.717) is 0 Å². The Morgan fingerprint density at radius 1 is 1.04 bits per heavy atom. The Kier molecular flexibility index (Phi) is 10.3. The van der Waals surface area contributed by atoms with Crippen molar-refractivity contribution in [3.8, 4) is 6.07 Å². The molecule has 1 saturated carbocycles. The van der Waals surface area contributed by atoms with Gasteiger partial charge in [0.05, 0.1) is 6.07 Å². The topological polar surface area (TPSA) is 27.0 Å². The monoisotopic (exact) mass is 440 g/mol. The van der Waals surface area contributed by atoms with E-state index in [1.165, 1.54) is 62.3 Å². The molecular formula is C25H33BrN2. The van der Waals surface area contributed by atoms with E-state index < -0.39 is 0 Å². The first-order valence-corrected chi connectivity index (χ1v) is 11.4. The first kappa shape index (κ1) is 22.7. The second kappa shape index (κ2) is 12.8. The Morgan fingerprint density at radius 3 is 2.29 bits per heavy atom. The Labute approximate surface area is 179 Å². The van der Waals surface area contributed by atoms with Crippen LogP contribution in [-0.4, -0.2) is 22.8 Å². The van der Waals surface area contributed by atoms with Crippen LogP contribution in [0, 0.1) is 11.3 Å². The molecule has 2 aromatic carbocycles. The molecule has 2 unspecified atom stereocenters. The van der Waals surface area contributed by atoms with Crippen LogP contribution in [0.25, 0.3) is 0 Å². The number of halogens is 1. The molecule has 1 fully saturated rings. The number of rotatable bonds is 8. The normalized spacial score (nSPS) is 18.4. The predicted molar refractivity (Wildman–Crippen MR) is 123 cm³/mol. The molecule has 0 aliphatic heterocycles. The van der Waals surface area contributed by atoms with Gasteiger partial charge in [-0.1, -0.05) is 77.5 Å². The standard InChI is InChI=1S/C23H30BrN.C2H3N/c1-2-25(18-20-7-4-3-5-8-20)16-6-9-19-10-12-21(13-11-19)22-14-15-23(24)17-22;1-2-3/h3-5,7-8,10-13,22-23H,2,6,9,14-18H2,1H3;1H3. The summed E-state index contributed by atoms with van der Waals surface area (Å²) < 4.78 is 0. The minimum absolute atomic E-state index is 0.724. The quantitative estimate of drug-likeness (QED) is 0.426. The summed E-state index contributed by atoms with van der Waals surface area (Å²) in [5.41, 5.74) is 4.42. The van der Waals surface area contributed by atoms with E-state index in [1.807, 2.05) is 0 Å². The highest BCUT2D eigenvalue weighted by molar-refractivity contribution is 9.09. The average molecular weight is 441 g/mol. The van der Waals surface area contributed by atoms with E-state index in [4.69, 9.17) is 5.26 Å². The third kappa shape index (κ3) is 7.78. The molecule has 3 heteroatoms. The summed E-state index contributed by atoms with van der Waals surface area (Å²) in [4.78, 5) is 3.26. The van der Waals surface area contributed by atoms with Crippen molar-refractivity contribution in [3.63, 3.8) is 0 Å². The van der Waals surface area contributed by atoms with Gasteiger partial charge in [-0.2, -0.15) is 5.26 Å². The van der Waals surface area contributed by atoms with Crippen molar-refractivity contribution in [3.05, 3.63) is 71.3 Å². The van der Waals surface area contributed by atoms with Gasteiger partial charge in [-0.3, -0.25) is 4.90 Å². The van der Waals surface area contributed by atoms with Crippen molar-refractivity contribution in [1.82, 2.24) is 4.90 Å². The summed E-state index contributed by atoms with van der Waals surface area (Å²) in [7, 11) is 0. The molecule has 0 bridgehead atoms. The number of hydrogen-bond acceptors (Lipinski definition) is 2. The maximum absolute atomic E-state index is 7.32. The van der Waals surface area contributed by atoms with Crippen LogP contribution >= 0.6 is 15.9 Å². The van der Waals surface area contributed by atoms with Crippen LogP contribution in [0.15, 0.2) is 54.6 Å². The van der Waals surface area contributed by atoms with Crippen molar-refractivity contribution in [2.75, 3.05) is 13.1 Å². The van der Waals surface area contributed by atoms with Crippen molar-refractivity contribution in [2.24, 2.45) is 0 Å².